The summed E-state index contributed by atoms with van der Waals surface area (Å²) >= 11 is 5.92. The normalized spacial score (nSPS) is 10.5. The molecule has 0 atom stereocenters. The summed E-state index contributed by atoms with van der Waals surface area (Å²) in [4.78, 5) is 24.5. The van der Waals surface area contributed by atoms with Crippen molar-refractivity contribution in [2.24, 2.45) is 0 Å². The number of ether oxygens (including phenoxy) is 1. The fourth-order valence-corrected chi connectivity index (χ4v) is 2.08. The molecule has 0 saturated heterocycles. The largest absolute Gasteiger partial charge is 0.469 e. The summed E-state index contributed by atoms with van der Waals surface area (Å²) in [5.74, 6) is -0.327. The maximum Gasteiger partial charge on any atom is 0.305 e. The summed E-state index contributed by atoms with van der Waals surface area (Å²) in [7, 11) is 3.22. The number of benzene rings is 1. The second kappa shape index (κ2) is 9.37. The molecule has 1 aromatic carbocycles. The lowest BCUT2D eigenvalue weighted by Gasteiger charge is -2.16. The van der Waals surface area contributed by atoms with Crippen molar-refractivity contribution in [2.75, 3.05) is 27.2 Å². The molecule has 0 aliphatic carbocycles. The van der Waals surface area contributed by atoms with E-state index in [-0.39, 0.29) is 11.9 Å². The first-order valence-electron chi connectivity index (χ1n) is 6.77. The summed E-state index contributed by atoms with van der Waals surface area (Å²) in [6.45, 7) is 1.42. The molecule has 0 radical (unpaired) electrons. The molecule has 0 unspecified atom stereocenters. The highest BCUT2D eigenvalue weighted by Gasteiger charge is 2.07. The number of carbonyl (C=O) groups excluding carboxylic acids is 2. The van der Waals surface area contributed by atoms with E-state index in [0.717, 1.165) is 5.56 Å². The molecule has 0 saturated carbocycles. The second-order valence-electron chi connectivity index (χ2n) is 4.83. The number of nitrogens with zero attached hydrogens (tertiary/aromatic N) is 1. The van der Waals surface area contributed by atoms with Gasteiger partial charge in [0, 0.05) is 24.5 Å². The number of halogens is 1. The molecule has 6 heteroatoms. The average molecular weight is 313 g/mol. The van der Waals surface area contributed by atoms with Crippen LogP contribution in [0.3, 0.4) is 0 Å². The Labute approximate surface area is 130 Å². The molecule has 1 rings (SSSR count). The second-order valence-corrected chi connectivity index (χ2v) is 5.27. The van der Waals surface area contributed by atoms with Crippen molar-refractivity contribution in [2.45, 2.75) is 19.4 Å². The van der Waals surface area contributed by atoms with Crippen LogP contribution in [0.15, 0.2) is 24.3 Å². The van der Waals surface area contributed by atoms with Gasteiger partial charge < -0.3 is 10.1 Å². The Morgan fingerprint density at radius 1 is 1.38 bits per heavy atom. The minimum Gasteiger partial charge on any atom is -0.469 e. The van der Waals surface area contributed by atoms with Crippen LogP contribution >= 0.6 is 11.6 Å². The third-order valence-electron chi connectivity index (χ3n) is 2.86. The lowest BCUT2D eigenvalue weighted by atomic mass is 10.2. The molecule has 1 amide bonds. The van der Waals surface area contributed by atoms with Crippen molar-refractivity contribution in [1.82, 2.24) is 10.2 Å². The zero-order valence-corrected chi connectivity index (χ0v) is 13.2. The van der Waals surface area contributed by atoms with Crippen LogP contribution in [0.4, 0.5) is 0 Å². The quantitative estimate of drug-likeness (QED) is 0.588. The molecule has 0 bridgehead atoms. The first-order chi connectivity index (χ1) is 10.0. The third kappa shape index (κ3) is 7.68. The lowest BCUT2D eigenvalue weighted by Crippen LogP contribution is -2.35. The van der Waals surface area contributed by atoms with Crippen LogP contribution in [0.5, 0.6) is 0 Å². The number of likely N-dealkylation sites (N-methyl/N-ethyl adjacent to an activating group) is 1. The Bertz CT molecular complexity index is 480. The van der Waals surface area contributed by atoms with Gasteiger partial charge in [-0.15, -0.1) is 0 Å². The van der Waals surface area contributed by atoms with Crippen molar-refractivity contribution >= 4 is 23.5 Å². The van der Waals surface area contributed by atoms with Crippen LogP contribution in [-0.2, 0) is 20.9 Å². The molecule has 21 heavy (non-hydrogen) atoms. The average Bonchev–Trinajstić information content (AvgIpc) is 2.43. The van der Waals surface area contributed by atoms with Gasteiger partial charge in [0.05, 0.1) is 13.7 Å². The van der Waals surface area contributed by atoms with Gasteiger partial charge in [0.1, 0.15) is 0 Å². The summed E-state index contributed by atoms with van der Waals surface area (Å²) in [5, 5.41) is 3.46. The van der Waals surface area contributed by atoms with E-state index in [4.69, 9.17) is 11.6 Å². The van der Waals surface area contributed by atoms with Gasteiger partial charge in [-0.25, -0.2) is 0 Å². The van der Waals surface area contributed by atoms with E-state index in [0.29, 0.717) is 37.5 Å². The third-order valence-corrected chi connectivity index (χ3v) is 3.10. The highest BCUT2D eigenvalue weighted by Crippen LogP contribution is 2.11. The minimum absolute atomic E-state index is 0.0654. The maximum atomic E-state index is 11.7. The fourth-order valence-electron chi connectivity index (χ4n) is 1.87. The molecule has 1 N–H and O–H groups in total. The van der Waals surface area contributed by atoms with Crippen molar-refractivity contribution in [3.8, 4) is 0 Å². The van der Waals surface area contributed by atoms with E-state index >= 15 is 0 Å². The molecule has 5 nitrogen and oxygen atoms in total. The van der Waals surface area contributed by atoms with Crippen LogP contribution in [0.25, 0.3) is 0 Å². The number of amides is 1. The topological polar surface area (TPSA) is 58.6 Å². The van der Waals surface area contributed by atoms with Crippen LogP contribution in [0.2, 0.25) is 5.02 Å². The van der Waals surface area contributed by atoms with Gasteiger partial charge in [0.2, 0.25) is 5.91 Å². The number of rotatable bonds is 8. The van der Waals surface area contributed by atoms with Crippen molar-refractivity contribution < 1.29 is 14.3 Å². The van der Waals surface area contributed by atoms with E-state index in [2.05, 4.69) is 10.1 Å². The van der Waals surface area contributed by atoms with Gasteiger partial charge in [-0.3, -0.25) is 14.5 Å². The molecule has 0 aliphatic rings. The maximum absolute atomic E-state index is 11.7. The number of methoxy groups -OCH3 is 1. The summed E-state index contributed by atoms with van der Waals surface area (Å²) < 4.78 is 4.53. The number of hydrogen-bond acceptors (Lipinski definition) is 4. The Morgan fingerprint density at radius 3 is 2.81 bits per heavy atom. The van der Waals surface area contributed by atoms with E-state index in [1.807, 2.05) is 36.2 Å². The Morgan fingerprint density at radius 2 is 2.14 bits per heavy atom. The van der Waals surface area contributed by atoms with Gasteiger partial charge in [0.15, 0.2) is 0 Å². The molecular weight excluding hydrogens is 292 g/mol. The fraction of sp³-hybridized carbons (Fsp3) is 0.467. The zero-order valence-electron chi connectivity index (χ0n) is 12.4. The predicted octanol–water partition coefficient (Wildman–Crippen LogP) is 1.84. The number of carbonyl (C=O) groups is 2. The van der Waals surface area contributed by atoms with E-state index < -0.39 is 0 Å². The number of nitrogens with one attached hydrogen (secondary N) is 1. The Hall–Kier alpha value is -1.59. The number of hydrogen-bond donors (Lipinski definition) is 1. The van der Waals surface area contributed by atoms with Crippen LogP contribution in [-0.4, -0.2) is 44.0 Å². The standard InChI is InChI=1S/C15H21ClN2O3/c1-18(10-12-5-3-6-13(16)9-12)11-14(19)17-8-4-7-15(20)21-2/h3,5-6,9H,4,7-8,10-11H2,1-2H3,(H,17,19). The summed E-state index contributed by atoms with van der Waals surface area (Å²) in [6.07, 6.45) is 0.894. The summed E-state index contributed by atoms with van der Waals surface area (Å²) in [5.41, 5.74) is 1.06. The highest BCUT2D eigenvalue weighted by atomic mass is 35.5. The molecule has 1 aromatic rings. The predicted molar refractivity (Wildman–Crippen MR) is 82.0 cm³/mol. The van der Waals surface area contributed by atoms with Crippen molar-refractivity contribution in [3.63, 3.8) is 0 Å². The zero-order chi connectivity index (χ0) is 15.7. The van der Waals surface area contributed by atoms with Crippen molar-refractivity contribution in [3.05, 3.63) is 34.9 Å². The van der Waals surface area contributed by atoms with Gasteiger partial charge in [0.25, 0.3) is 0 Å². The molecule has 0 aliphatic heterocycles. The molecule has 0 heterocycles. The molecule has 0 aromatic heterocycles. The molecule has 116 valence electrons. The van der Waals surface area contributed by atoms with Gasteiger partial charge >= 0.3 is 5.97 Å². The molecular formula is C15H21ClN2O3. The van der Waals surface area contributed by atoms with Crippen LogP contribution in [0, 0.1) is 0 Å². The minimum atomic E-state index is -0.262. The lowest BCUT2D eigenvalue weighted by molar-refractivity contribution is -0.140. The van der Waals surface area contributed by atoms with Crippen LogP contribution < -0.4 is 5.32 Å². The smallest absolute Gasteiger partial charge is 0.305 e. The first kappa shape index (κ1) is 17.5. The van der Waals surface area contributed by atoms with E-state index in [1.54, 1.807) is 0 Å². The number of esters is 1. The van der Waals surface area contributed by atoms with Gasteiger partial charge in [-0.05, 0) is 31.2 Å². The first-order valence-corrected chi connectivity index (χ1v) is 7.15. The van der Waals surface area contributed by atoms with E-state index in [9.17, 15) is 9.59 Å². The van der Waals surface area contributed by atoms with Crippen LogP contribution in [0.1, 0.15) is 18.4 Å². The highest BCUT2D eigenvalue weighted by molar-refractivity contribution is 6.30. The summed E-state index contributed by atoms with van der Waals surface area (Å²) in [6, 6.07) is 7.56. The SMILES string of the molecule is COC(=O)CCCNC(=O)CN(C)Cc1cccc(Cl)c1. The van der Waals surface area contributed by atoms with Crippen molar-refractivity contribution in [1.29, 1.82) is 0 Å². The monoisotopic (exact) mass is 312 g/mol. The molecule has 0 spiro atoms. The Kier molecular flexibility index (Phi) is 7.79. The van der Waals surface area contributed by atoms with Gasteiger partial charge in [-0.1, -0.05) is 23.7 Å². The van der Waals surface area contributed by atoms with Gasteiger partial charge in [-0.2, -0.15) is 0 Å². The Balaban J connectivity index is 2.23. The van der Waals surface area contributed by atoms with E-state index in [1.165, 1.54) is 7.11 Å². The molecule has 0 fully saturated rings.